The molecule has 0 aromatic rings. The van der Waals surface area contributed by atoms with E-state index in [1.54, 1.807) is 8.90 Å². The average Bonchev–Trinajstić information content (AvgIpc) is 2.11. The van der Waals surface area contributed by atoms with Gasteiger partial charge in [0.25, 0.3) is 0 Å². The van der Waals surface area contributed by atoms with Gasteiger partial charge in [0.2, 0.25) is 0 Å². The van der Waals surface area contributed by atoms with Gasteiger partial charge >= 0.3 is 78.0 Å². The summed E-state index contributed by atoms with van der Waals surface area (Å²) in [6.45, 7) is 6.86. The predicted octanol–water partition coefficient (Wildman–Crippen LogP) is -3.20. The standard InChI is InChI=1S/C9H13.2ClH.Hf/c1-9(2,3)8-6-4-5-7-8;;;/h4,6H,5H2,1-3H3;2*1H;/q;;;+2/p-2. The van der Waals surface area contributed by atoms with Crippen molar-refractivity contribution < 1.29 is 49.2 Å². The van der Waals surface area contributed by atoms with Gasteiger partial charge in [-0.2, -0.15) is 0 Å². The topological polar surface area (TPSA) is 0 Å². The molecule has 1 aliphatic carbocycles. The summed E-state index contributed by atoms with van der Waals surface area (Å²) >= 11 is 1.23. The molecule has 0 spiro atoms. The third-order valence-electron chi connectivity index (χ3n) is 1.74. The molecule has 1 aliphatic rings. The zero-order chi connectivity index (χ0) is 7.78. The molecule has 67 valence electrons. The quantitative estimate of drug-likeness (QED) is 0.394. The fourth-order valence-electron chi connectivity index (χ4n) is 1.21. The Morgan fingerprint density at radius 2 is 1.75 bits per heavy atom. The number of hydrogen-bond acceptors (Lipinski definition) is 0. The molecule has 0 unspecified atom stereocenters. The summed E-state index contributed by atoms with van der Waals surface area (Å²) in [6, 6.07) is 0. The number of rotatable bonds is 0. The van der Waals surface area contributed by atoms with Crippen LogP contribution in [0.15, 0.2) is 21.1 Å². The molecule has 0 radical (unpaired) electrons. The van der Waals surface area contributed by atoms with E-state index in [4.69, 9.17) is 0 Å². The molecule has 0 aliphatic heterocycles. The molecule has 1 rings (SSSR count). The summed E-state index contributed by atoms with van der Waals surface area (Å²) in [5.74, 6) is 0. The van der Waals surface area contributed by atoms with E-state index in [-0.39, 0.29) is 24.8 Å². The predicted molar refractivity (Wildman–Crippen MR) is 40.2 cm³/mol. The minimum Gasteiger partial charge on any atom is -1.00 e. The van der Waals surface area contributed by atoms with Crippen molar-refractivity contribution in [2.75, 3.05) is 0 Å². The molecule has 0 aromatic carbocycles. The van der Waals surface area contributed by atoms with Crippen molar-refractivity contribution >= 4 is 0 Å². The fourth-order valence-corrected chi connectivity index (χ4v) is 3.28. The summed E-state index contributed by atoms with van der Waals surface area (Å²) < 4.78 is 1.67. The van der Waals surface area contributed by atoms with Crippen molar-refractivity contribution in [3.63, 3.8) is 0 Å². The van der Waals surface area contributed by atoms with Crippen LogP contribution in [0.4, 0.5) is 0 Å². The van der Waals surface area contributed by atoms with E-state index in [9.17, 15) is 0 Å². The maximum Gasteiger partial charge on any atom is -1.00 e. The van der Waals surface area contributed by atoms with Crippen LogP contribution in [0.5, 0.6) is 0 Å². The molecule has 0 saturated heterocycles. The van der Waals surface area contributed by atoms with Crippen molar-refractivity contribution in [3.05, 3.63) is 21.1 Å². The Balaban J connectivity index is 0. The molecule has 0 atom stereocenters. The Bertz CT molecular complexity index is 199. The average molecular weight is 371 g/mol. The van der Waals surface area contributed by atoms with E-state index in [0.29, 0.717) is 5.41 Å². The molecule has 0 fully saturated rings. The largest absolute Gasteiger partial charge is 1.00 e. The smallest absolute Gasteiger partial charge is 1.00 e. The molecule has 0 saturated carbocycles. The van der Waals surface area contributed by atoms with E-state index in [2.05, 4.69) is 32.9 Å². The maximum atomic E-state index is 2.29. The zero-order valence-electron chi connectivity index (χ0n) is 7.62. The van der Waals surface area contributed by atoms with Crippen LogP contribution in [0, 0.1) is 5.41 Å². The van der Waals surface area contributed by atoms with Gasteiger partial charge in [-0.3, -0.25) is 0 Å². The van der Waals surface area contributed by atoms with Gasteiger partial charge in [0.1, 0.15) is 0 Å². The minimum atomic E-state index is 0. The first kappa shape index (κ1) is 15.4. The van der Waals surface area contributed by atoms with Crippen LogP contribution >= 0.6 is 0 Å². The Hall–Kier alpha value is 0.930. The van der Waals surface area contributed by atoms with Gasteiger partial charge in [0.05, 0.1) is 0 Å². The summed E-state index contributed by atoms with van der Waals surface area (Å²) in [5.41, 5.74) is 1.96. The van der Waals surface area contributed by atoms with Gasteiger partial charge in [-0.15, -0.1) is 0 Å². The van der Waals surface area contributed by atoms with Crippen molar-refractivity contribution in [2.45, 2.75) is 27.2 Å². The third kappa shape index (κ3) is 3.76. The second-order valence-corrected chi connectivity index (χ2v) is 5.92. The first-order chi connectivity index (χ1) is 4.52. The van der Waals surface area contributed by atoms with E-state index < -0.39 is 0 Å². The molecule has 0 nitrogen and oxygen atoms in total. The first-order valence-electron chi connectivity index (χ1n) is 3.63. The van der Waals surface area contributed by atoms with Gasteiger partial charge in [-0.1, -0.05) is 0 Å². The van der Waals surface area contributed by atoms with Gasteiger partial charge in [-0.05, 0) is 0 Å². The maximum absolute atomic E-state index is 2.29. The van der Waals surface area contributed by atoms with E-state index >= 15 is 0 Å². The molecule has 0 bridgehead atoms. The summed E-state index contributed by atoms with van der Waals surface area (Å²) in [4.78, 5) is 0. The van der Waals surface area contributed by atoms with Crippen LogP contribution in [0.3, 0.4) is 0 Å². The number of allylic oxidation sites excluding steroid dienone is 4. The van der Waals surface area contributed by atoms with Crippen LogP contribution < -0.4 is 24.8 Å². The van der Waals surface area contributed by atoms with Gasteiger partial charge in [-0.25, -0.2) is 0 Å². The van der Waals surface area contributed by atoms with Gasteiger partial charge in [0, 0.05) is 0 Å². The molecule has 0 heterocycles. The van der Waals surface area contributed by atoms with Crippen molar-refractivity contribution in [1.82, 2.24) is 0 Å². The van der Waals surface area contributed by atoms with Crippen molar-refractivity contribution in [2.24, 2.45) is 5.41 Å². The fraction of sp³-hybridized carbons (Fsp3) is 0.556. The molecule has 0 aromatic heterocycles. The van der Waals surface area contributed by atoms with Gasteiger partial charge in [0.15, 0.2) is 0 Å². The van der Waals surface area contributed by atoms with Crippen molar-refractivity contribution in [1.29, 1.82) is 0 Å². The van der Waals surface area contributed by atoms with E-state index in [0.717, 1.165) is 0 Å². The first-order valence-corrected chi connectivity index (χ1v) is 5.43. The van der Waals surface area contributed by atoms with Gasteiger partial charge < -0.3 is 24.8 Å². The molecular weight excluding hydrogens is 357 g/mol. The van der Waals surface area contributed by atoms with E-state index in [1.165, 1.54) is 30.8 Å². The molecule has 12 heavy (non-hydrogen) atoms. The summed E-state index contributed by atoms with van der Waals surface area (Å²) in [7, 11) is 0. The van der Waals surface area contributed by atoms with Crippen molar-refractivity contribution in [3.8, 4) is 0 Å². The Morgan fingerprint density at radius 3 is 1.92 bits per heavy atom. The third-order valence-corrected chi connectivity index (χ3v) is 3.44. The van der Waals surface area contributed by atoms with Crippen LogP contribution in [-0.2, 0) is 24.4 Å². The summed E-state index contributed by atoms with van der Waals surface area (Å²) in [6.07, 6.45) is 5.80. The monoisotopic (exact) mass is 371 g/mol. The Kier molecular flexibility index (Phi) is 7.21. The van der Waals surface area contributed by atoms with Crippen LogP contribution in [0.25, 0.3) is 0 Å². The minimum absolute atomic E-state index is 0. The molecular formula is C9H13Cl2Hf. The van der Waals surface area contributed by atoms with Crippen LogP contribution in [-0.4, -0.2) is 0 Å². The molecule has 0 amide bonds. The molecule has 0 N–H and O–H groups in total. The second-order valence-electron chi connectivity index (χ2n) is 3.75. The Labute approximate surface area is 102 Å². The Morgan fingerprint density at radius 1 is 1.25 bits per heavy atom. The zero-order valence-corrected chi connectivity index (χ0v) is 12.7. The van der Waals surface area contributed by atoms with Crippen LogP contribution in [0.2, 0.25) is 0 Å². The number of halogens is 2. The van der Waals surface area contributed by atoms with E-state index in [1.807, 2.05) is 0 Å². The summed E-state index contributed by atoms with van der Waals surface area (Å²) in [5, 5.41) is 0. The SMILES string of the molecule is CC(C)(C)C1=[C]([Hf+2])CC=C1.[Cl-].[Cl-]. The number of hydrogen-bond donors (Lipinski definition) is 0. The normalized spacial score (nSPS) is 15.8. The van der Waals surface area contributed by atoms with Crippen LogP contribution in [0.1, 0.15) is 27.2 Å². The second kappa shape index (κ2) is 5.62. The molecule has 3 heteroatoms.